The molecule has 0 fully saturated rings. The predicted molar refractivity (Wildman–Crippen MR) is 80.7 cm³/mol. The number of nitrogens with zero attached hydrogens (tertiary/aromatic N) is 1. The van der Waals surface area contributed by atoms with Gasteiger partial charge in [-0.15, -0.1) is 0 Å². The molecule has 0 aliphatic heterocycles. The number of carbonyl (C=O) groups excluding carboxylic acids is 1. The van der Waals surface area contributed by atoms with E-state index in [1.807, 2.05) is 0 Å². The van der Waals surface area contributed by atoms with Gasteiger partial charge < -0.3 is 9.47 Å². The summed E-state index contributed by atoms with van der Waals surface area (Å²) >= 11 is 11.5. The molecule has 0 unspecified atom stereocenters. The highest BCUT2D eigenvalue weighted by atomic mass is 35.5. The Kier molecular flexibility index (Phi) is 5.19. The smallest absolute Gasteiger partial charge is 0.349 e. The van der Waals surface area contributed by atoms with E-state index in [4.69, 9.17) is 32.7 Å². The highest BCUT2D eigenvalue weighted by molar-refractivity contribution is 6.42. The number of carbonyl (C=O) groups is 1. The number of nitro benzene ring substituents is 1. The number of nitro groups is 1. The topological polar surface area (TPSA) is 78.7 Å². The molecule has 2 rings (SSSR count). The van der Waals surface area contributed by atoms with Crippen LogP contribution in [0.3, 0.4) is 0 Å². The average molecular weight is 342 g/mol. The Morgan fingerprint density at radius 1 is 1.05 bits per heavy atom. The fraction of sp³-hybridized carbons (Fsp3) is 0.0714. The van der Waals surface area contributed by atoms with E-state index in [0.29, 0.717) is 10.8 Å². The van der Waals surface area contributed by atoms with Crippen molar-refractivity contribution in [2.24, 2.45) is 0 Å². The van der Waals surface area contributed by atoms with Crippen LogP contribution in [0.5, 0.6) is 11.5 Å². The van der Waals surface area contributed by atoms with Gasteiger partial charge in [0.15, 0.2) is 6.61 Å². The maximum Gasteiger partial charge on any atom is 0.349 e. The number of hydrogen-bond donors (Lipinski definition) is 0. The molecule has 0 atom stereocenters. The molecule has 2 aromatic rings. The Morgan fingerprint density at radius 3 is 2.27 bits per heavy atom. The molecule has 6 nitrogen and oxygen atoms in total. The summed E-state index contributed by atoms with van der Waals surface area (Å²) in [5.74, 6) is -0.0832. The summed E-state index contributed by atoms with van der Waals surface area (Å²) in [5.41, 5.74) is -0.0641. The number of esters is 1. The maximum absolute atomic E-state index is 11.6. The van der Waals surface area contributed by atoms with E-state index in [-0.39, 0.29) is 23.1 Å². The van der Waals surface area contributed by atoms with Gasteiger partial charge in [-0.1, -0.05) is 23.2 Å². The highest BCUT2D eigenvalue weighted by Crippen LogP contribution is 2.26. The van der Waals surface area contributed by atoms with E-state index in [1.54, 1.807) is 0 Å². The molecule has 114 valence electrons. The molecule has 0 heterocycles. The third-order valence-corrected chi connectivity index (χ3v) is 3.27. The lowest BCUT2D eigenvalue weighted by atomic mass is 10.3. The van der Waals surface area contributed by atoms with Crippen LogP contribution in [0.1, 0.15) is 0 Å². The number of halogens is 2. The van der Waals surface area contributed by atoms with E-state index in [0.717, 1.165) is 0 Å². The van der Waals surface area contributed by atoms with Crippen LogP contribution in [0.2, 0.25) is 10.0 Å². The number of benzene rings is 2. The molecule has 0 radical (unpaired) electrons. The monoisotopic (exact) mass is 341 g/mol. The van der Waals surface area contributed by atoms with Crippen LogP contribution in [0.25, 0.3) is 0 Å². The zero-order chi connectivity index (χ0) is 16.1. The first-order valence-corrected chi connectivity index (χ1v) is 6.74. The Morgan fingerprint density at radius 2 is 1.68 bits per heavy atom. The largest absolute Gasteiger partial charge is 0.482 e. The van der Waals surface area contributed by atoms with Gasteiger partial charge in [0.2, 0.25) is 0 Å². The van der Waals surface area contributed by atoms with Crippen molar-refractivity contribution in [3.05, 3.63) is 62.6 Å². The van der Waals surface area contributed by atoms with E-state index >= 15 is 0 Å². The lowest BCUT2D eigenvalue weighted by Gasteiger charge is -2.07. The van der Waals surface area contributed by atoms with Gasteiger partial charge in [0.25, 0.3) is 5.69 Å². The molecule has 8 heteroatoms. The second-order valence-corrected chi connectivity index (χ2v) is 4.90. The first kappa shape index (κ1) is 16.1. The van der Waals surface area contributed by atoms with Crippen molar-refractivity contribution in [1.82, 2.24) is 0 Å². The first-order valence-electron chi connectivity index (χ1n) is 5.98. The molecule has 0 N–H and O–H groups in total. The molecule has 0 spiro atoms. The van der Waals surface area contributed by atoms with E-state index in [2.05, 4.69) is 0 Å². The third-order valence-electron chi connectivity index (χ3n) is 2.53. The fourth-order valence-electron chi connectivity index (χ4n) is 1.51. The molecule has 0 saturated carbocycles. The second kappa shape index (κ2) is 7.11. The molecule has 0 bridgehead atoms. The lowest BCUT2D eigenvalue weighted by Crippen LogP contribution is -2.17. The van der Waals surface area contributed by atoms with Gasteiger partial charge in [0.05, 0.1) is 15.0 Å². The van der Waals surface area contributed by atoms with Gasteiger partial charge in [-0.2, -0.15) is 0 Å². The van der Waals surface area contributed by atoms with Crippen LogP contribution >= 0.6 is 23.2 Å². The molecule has 0 saturated heterocycles. The summed E-state index contributed by atoms with van der Waals surface area (Å²) in [7, 11) is 0. The van der Waals surface area contributed by atoms with Crippen LogP contribution < -0.4 is 9.47 Å². The Balaban J connectivity index is 1.89. The molecule has 2 aromatic carbocycles. The minimum atomic E-state index is -0.642. The van der Waals surface area contributed by atoms with Gasteiger partial charge in [0.1, 0.15) is 11.5 Å². The van der Waals surface area contributed by atoms with E-state index in [1.165, 1.54) is 42.5 Å². The summed E-state index contributed by atoms with van der Waals surface area (Å²) < 4.78 is 10.2. The van der Waals surface area contributed by atoms with E-state index in [9.17, 15) is 14.9 Å². The van der Waals surface area contributed by atoms with Crippen LogP contribution in [0.15, 0.2) is 42.5 Å². The van der Waals surface area contributed by atoms with Crippen LogP contribution in [0, 0.1) is 10.1 Å². The summed E-state index contributed by atoms with van der Waals surface area (Å²) in [4.78, 5) is 21.6. The van der Waals surface area contributed by atoms with Crippen LogP contribution in [0.4, 0.5) is 5.69 Å². The minimum absolute atomic E-state index is 0.0641. The summed E-state index contributed by atoms with van der Waals surface area (Å²) in [6.45, 7) is -0.349. The number of ether oxygens (including phenoxy) is 2. The first-order chi connectivity index (χ1) is 10.5. The summed E-state index contributed by atoms with van der Waals surface area (Å²) in [6, 6.07) is 9.75. The predicted octanol–water partition coefficient (Wildman–Crippen LogP) is 3.89. The molecule has 22 heavy (non-hydrogen) atoms. The Labute approximate surface area is 135 Å². The van der Waals surface area contributed by atoms with Crippen molar-refractivity contribution in [3.63, 3.8) is 0 Å². The molecule has 0 amide bonds. The molecule has 0 aliphatic carbocycles. The van der Waals surface area contributed by atoms with Gasteiger partial charge >= 0.3 is 5.97 Å². The van der Waals surface area contributed by atoms with Crippen molar-refractivity contribution in [2.75, 3.05) is 6.61 Å². The summed E-state index contributed by atoms with van der Waals surface area (Å²) in [5, 5.41) is 11.1. The van der Waals surface area contributed by atoms with Crippen LogP contribution in [-0.4, -0.2) is 17.5 Å². The molecule has 0 aromatic heterocycles. The van der Waals surface area contributed by atoms with Crippen molar-refractivity contribution in [2.45, 2.75) is 0 Å². The van der Waals surface area contributed by atoms with Gasteiger partial charge in [0, 0.05) is 18.2 Å². The Hall–Kier alpha value is -2.31. The average Bonchev–Trinajstić information content (AvgIpc) is 2.49. The van der Waals surface area contributed by atoms with E-state index < -0.39 is 10.9 Å². The fourth-order valence-corrected chi connectivity index (χ4v) is 1.80. The van der Waals surface area contributed by atoms with Gasteiger partial charge in [-0.3, -0.25) is 10.1 Å². The Bertz CT molecular complexity index is 703. The molecule has 0 aliphatic rings. The quantitative estimate of drug-likeness (QED) is 0.357. The summed E-state index contributed by atoms with van der Waals surface area (Å²) in [6.07, 6.45) is 0. The molecular formula is C14H9Cl2NO5. The SMILES string of the molecule is O=C(COc1ccc([N+](=O)[O-])cc1)Oc1ccc(Cl)c(Cl)c1. The molecular weight excluding hydrogens is 333 g/mol. The third kappa shape index (κ3) is 4.34. The zero-order valence-electron chi connectivity index (χ0n) is 11.0. The normalized spacial score (nSPS) is 10.1. The minimum Gasteiger partial charge on any atom is -0.482 e. The van der Waals surface area contributed by atoms with Crippen LogP contribution in [-0.2, 0) is 4.79 Å². The van der Waals surface area contributed by atoms with Gasteiger partial charge in [-0.05, 0) is 24.3 Å². The highest BCUT2D eigenvalue weighted by Gasteiger charge is 2.09. The zero-order valence-corrected chi connectivity index (χ0v) is 12.5. The van der Waals surface area contributed by atoms with Gasteiger partial charge in [-0.25, -0.2) is 4.79 Å². The van der Waals surface area contributed by atoms with Crippen molar-refractivity contribution in [3.8, 4) is 11.5 Å². The van der Waals surface area contributed by atoms with Crippen molar-refractivity contribution >= 4 is 34.9 Å². The number of hydrogen-bond acceptors (Lipinski definition) is 5. The lowest BCUT2D eigenvalue weighted by molar-refractivity contribution is -0.384. The van der Waals surface area contributed by atoms with Crippen molar-refractivity contribution in [1.29, 1.82) is 0 Å². The number of rotatable bonds is 5. The number of non-ortho nitro benzene ring substituents is 1. The van der Waals surface area contributed by atoms with Crippen molar-refractivity contribution < 1.29 is 19.2 Å². The standard InChI is InChI=1S/C14H9Cl2NO5/c15-12-6-5-11(7-13(12)16)22-14(18)8-21-10-3-1-9(2-4-10)17(19)20/h1-7H,8H2. The second-order valence-electron chi connectivity index (χ2n) is 4.09. The maximum atomic E-state index is 11.6.